The zero-order valence-corrected chi connectivity index (χ0v) is 14.9. The molecule has 1 heteroatoms. The highest BCUT2D eigenvalue weighted by atomic mass is 32.1. The maximum absolute atomic E-state index is 2.40. The zero-order valence-electron chi connectivity index (χ0n) is 14.1. The van der Waals surface area contributed by atoms with Gasteiger partial charge in [-0.25, -0.2) is 0 Å². The van der Waals surface area contributed by atoms with Crippen LogP contribution in [0, 0.1) is 6.92 Å². The standard InChI is InChI=1S/C24H18S/c1-16-12-13-24(25-16)19-14-18-8-5-11-22(23(18)15-19)21-10-4-7-17-6-2-3-9-20(17)21/h2-13,15H,14H2,1H3. The van der Waals surface area contributed by atoms with E-state index < -0.39 is 0 Å². The van der Waals surface area contributed by atoms with Crippen LogP contribution in [0.5, 0.6) is 0 Å². The van der Waals surface area contributed by atoms with E-state index in [9.17, 15) is 0 Å². The first-order valence-corrected chi connectivity index (χ1v) is 9.49. The van der Waals surface area contributed by atoms with Crippen molar-refractivity contribution in [1.82, 2.24) is 0 Å². The van der Waals surface area contributed by atoms with Gasteiger partial charge in [0.1, 0.15) is 0 Å². The number of fused-ring (bicyclic) bond motifs is 2. The molecule has 25 heavy (non-hydrogen) atoms. The fourth-order valence-corrected chi connectivity index (χ4v) is 4.71. The van der Waals surface area contributed by atoms with Crippen molar-refractivity contribution in [1.29, 1.82) is 0 Å². The van der Waals surface area contributed by atoms with E-state index >= 15 is 0 Å². The first-order chi connectivity index (χ1) is 12.3. The number of hydrogen-bond acceptors (Lipinski definition) is 1. The smallest absolute Gasteiger partial charge is 0.0308 e. The van der Waals surface area contributed by atoms with Crippen molar-refractivity contribution in [3.8, 4) is 11.1 Å². The molecule has 0 radical (unpaired) electrons. The number of thiophene rings is 1. The number of hydrogen-bond donors (Lipinski definition) is 0. The van der Waals surface area contributed by atoms with E-state index in [1.807, 2.05) is 11.3 Å². The molecule has 0 atom stereocenters. The Morgan fingerprint density at radius 1 is 0.760 bits per heavy atom. The third-order valence-electron chi connectivity index (χ3n) is 5.03. The molecule has 3 aromatic carbocycles. The molecule has 0 unspecified atom stereocenters. The lowest BCUT2D eigenvalue weighted by Crippen LogP contribution is -1.88. The number of benzene rings is 3. The van der Waals surface area contributed by atoms with E-state index in [4.69, 9.17) is 0 Å². The Bertz CT molecular complexity index is 1120. The molecule has 1 heterocycles. The highest BCUT2D eigenvalue weighted by Gasteiger charge is 2.19. The molecule has 0 spiro atoms. The summed E-state index contributed by atoms with van der Waals surface area (Å²) in [7, 11) is 0. The van der Waals surface area contributed by atoms with Crippen LogP contribution in [0.4, 0.5) is 0 Å². The molecule has 4 aromatic rings. The fourth-order valence-electron chi connectivity index (χ4n) is 3.83. The molecule has 0 N–H and O–H groups in total. The maximum Gasteiger partial charge on any atom is 0.0308 e. The van der Waals surface area contributed by atoms with Gasteiger partial charge in [0.05, 0.1) is 0 Å². The minimum atomic E-state index is 1.04. The predicted octanol–water partition coefficient (Wildman–Crippen LogP) is 6.97. The molecular formula is C24H18S. The van der Waals surface area contributed by atoms with Crippen LogP contribution in [0.3, 0.4) is 0 Å². The average molecular weight is 338 g/mol. The Balaban J connectivity index is 1.70. The third kappa shape index (κ3) is 2.43. The van der Waals surface area contributed by atoms with E-state index in [1.54, 1.807) is 0 Å². The van der Waals surface area contributed by atoms with Crippen molar-refractivity contribution < 1.29 is 0 Å². The van der Waals surface area contributed by atoms with Crippen LogP contribution < -0.4 is 0 Å². The van der Waals surface area contributed by atoms with Gasteiger partial charge in [0, 0.05) is 9.75 Å². The molecule has 0 fully saturated rings. The van der Waals surface area contributed by atoms with Crippen LogP contribution in [0.25, 0.3) is 33.5 Å². The van der Waals surface area contributed by atoms with Crippen molar-refractivity contribution in [2.24, 2.45) is 0 Å². The summed E-state index contributed by atoms with van der Waals surface area (Å²) < 4.78 is 0. The lowest BCUT2D eigenvalue weighted by Gasteiger charge is -2.11. The molecule has 0 saturated carbocycles. The van der Waals surface area contributed by atoms with Crippen molar-refractivity contribution in [2.45, 2.75) is 13.3 Å². The van der Waals surface area contributed by atoms with Gasteiger partial charge in [-0.2, -0.15) is 0 Å². The first kappa shape index (κ1) is 14.7. The van der Waals surface area contributed by atoms with Crippen molar-refractivity contribution >= 4 is 33.8 Å². The lowest BCUT2D eigenvalue weighted by atomic mass is 9.93. The molecule has 0 aliphatic heterocycles. The van der Waals surface area contributed by atoms with Crippen LogP contribution in [0.15, 0.2) is 72.8 Å². The summed E-state index contributed by atoms with van der Waals surface area (Å²) in [5, 5.41) is 2.63. The summed E-state index contributed by atoms with van der Waals surface area (Å²) in [5.41, 5.74) is 6.94. The Hall–Kier alpha value is -2.64. The zero-order chi connectivity index (χ0) is 16.8. The Morgan fingerprint density at radius 3 is 2.44 bits per heavy atom. The van der Waals surface area contributed by atoms with Crippen molar-refractivity contribution in [2.75, 3.05) is 0 Å². The molecule has 1 aliphatic carbocycles. The summed E-state index contributed by atoms with van der Waals surface area (Å²) in [6.45, 7) is 2.18. The monoisotopic (exact) mass is 338 g/mol. The lowest BCUT2D eigenvalue weighted by molar-refractivity contribution is 1.33. The summed E-state index contributed by atoms with van der Waals surface area (Å²) in [5.74, 6) is 0. The normalized spacial score (nSPS) is 13.1. The van der Waals surface area contributed by atoms with Gasteiger partial charge in [-0.05, 0) is 70.2 Å². The highest BCUT2D eigenvalue weighted by molar-refractivity contribution is 7.13. The number of allylic oxidation sites excluding steroid dienone is 1. The molecule has 0 saturated heterocycles. The van der Waals surface area contributed by atoms with Gasteiger partial charge in [0.15, 0.2) is 0 Å². The van der Waals surface area contributed by atoms with E-state index in [2.05, 4.69) is 85.8 Å². The molecule has 0 bridgehead atoms. The second-order valence-electron chi connectivity index (χ2n) is 6.66. The van der Waals surface area contributed by atoms with Gasteiger partial charge < -0.3 is 0 Å². The Morgan fingerprint density at radius 2 is 1.56 bits per heavy atom. The van der Waals surface area contributed by atoms with E-state index in [-0.39, 0.29) is 0 Å². The summed E-state index contributed by atoms with van der Waals surface area (Å²) in [6, 6.07) is 26.5. The van der Waals surface area contributed by atoms with Gasteiger partial charge >= 0.3 is 0 Å². The van der Waals surface area contributed by atoms with Crippen molar-refractivity contribution in [3.63, 3.8) is 0 Å². The second kappa shape index (κ2) is 5.72. The topological polar surface area (TPSA) is 0 Å². The minimum Gasteiger partial charge on any atom is -0.141 e. The second-order valence-corrected chi connectivity index (χ2v) is 7.95. The molecule has 120 valence electrons. The molecule has 5 rings (SSSR count). The van der Waals surface area contributed by atoms with Crippen LogP contribution in [0.2, 0.25) is 0 Å². The number of aryl methyl sites for hydroxylation is 1. The van der Waals surface area contributed by atoms with Gasteiger partial charge in [-0.1, -0.05) is 60.7 Å². The largest absolute Gasteiger partial charge is 0.141 e. The number of rotatable bonds is 2. The average Bonchev–Trinajstić information content (AvgIpc) is 3.27. The first-order valence-electron chi connectivity index (χ1n) is 8.67. The minimum absolute atomic E-state index is 1.04. The van der Waals surface area contributed by atoms with Crippen LogP contribution in [-0.4, -0.2) is 0 Å². The maximum atomic E-state index is 2.40. The van der Waals surface area contributed by atoms with Crippen LogP contribution in [0.1, 0.15) is 20.9 Å². The molecule has 0 amide bonds. The SMILES string of the molecule is Cc1ccc(C2=Cc3c(cccc3-c3cccc4ccccc34)C2)s1. The van der Waals surface area contributed by atoms with Gasteiger partial charge in [0.2, 0.25) is 0 Å². The fraction of sp³-hybridized carbons (Fsp3) is 0.0833. The Kier molecular flexibility index (Phi) is 3.36. The molecule has 0 nitrogen and oxygen atoms in total. The van der Waals surface area contributed by atoms with E-state index in [0.717, 1.165) is 6.42 Å². The quantitative estimate of drug-likeness (QED) is 0.370. The molecule has 1 aliphatic rings. The van der Waals surface area contributed by atoms with Crippen molar-refractivity contribution in [3.05, 3.63) is 93.7 Å². The predicted molar refractivity (Wildman–Crippen MR) is 110 cm³/mol. The van der Waals surface area contributed by atoms with Gasteiger partial charge in [-0.15, -0.1) is 11.3 Å². The molecule has 1 aromatic heterocycles. The van der Waals surface area contributed by atoms with Gasteiger partial charge in [0.25, 0.3) is 0 Å². The van der Waals surface area contributed by atoms with E-state index in [1.165, 1.54) is 48.4 Å². The summed E-state index contributed by atoms with van der Waals surface area (Å²) >= 11 is 1.89. The van der Waals surface area contributed by atoms with E-state index in [0.29, 0.717) is 0 Å². The highest BCUT2D eigenvalue weighted by Crippen LogP contribution is 2.40. The summed E-state index contributed by atoms with van der Waals surface area (Å²) in [6.07, 6.45) is 3.44. The van der Waals surface area contributed by atoms with Gasteiger partial charge in [-0.3, -0.25) is 0 Å². The molecular weight excluding hydrogens is 320 g/mol. The summed E-state index contributed by atoms with van der Waals surface area (Å²) in [4.78, 5) is 2.78. The third-order valence-corrected chi connectivity index (χ3v) is 6.11. The van der Waals surface area contributed by atoms with Crippen LogP contribution in [-0.2, 0) is 6.42 Å². The van der Waals surface area contributed by atoms with Crippen LogP contribution >= 0.6 is 11.3 Å². The Labute approximate surface area is 152 Å².